The first-order valence-electron chi connectivity index (χ1n) is 6.07. The van der Waals surface area contributed by atoms with Crippen LogP contribution in [0.15, 0.2) is 28.1 Å². The number of ether oxygens (including phenoxy) is 1. The van der Waals surface area contributed by atoms with Crippen LogP contribution in [0.4, 0.5) is 0 Å². The highest BCUT2D eigenvalue weighted by molar-refractivity contribution is 9.10. The van der Waals surface area contributed by atoms with E-state index in [0.29, 0.717) is 12.5 Å². The van der Waals surface area contributed by atoms with Gasteiger partial charge in [0.15, 0.2) is 0 Å². The van der Waals surface area contributed by atoms with Crippen molar-refractivity contribution in [3.8, 4) is 5.75 Å². The Bertz CT molecular complexity index is 544. The lowest BCUT2D eigenvalue weighted by Gasteiger charge is -2.08. The van der Waals surface area contributed by atoms with E-state index < -0.39 is 0 Å². The quantitative estimate of drug-likeness (QED) is 0.536. The van der Waals surface area contributed by atoms with Crippen molar-refractivity contribution < 1.29 is 4.74 Å². The van der Waals surface area contributed by atoms with E-state index in [4.69, 9.17) is 16.3 Å². The van der Waals surface area contributed by atoms with Crippen LogP contribution >= 0.6 is 38.9 Å². The van der Waals surface area contributed by atoms with Crippen LogP contribution in [0.3, 0.4) is 0 Å². The molecule has 0 radical (unpaired) electrons. The fraction of sp³-hybridized carbons (Fsp3) is 0.357. The average molecular weight is 361 g/mol. The molecule has 0 saturated carbocycles. The first kappa shape index (κ1) is 14.8. The molecular weight excluding hydrogens is 346 g/mol. The molecule has 102 valence electrons. The predicted octanol–water partition coefficient (Wildman–Crippen LogP) is 4.96. The van der Waals surface area contributed by atoms with Crippen molar-refractivity contribution in [1.82, 2.24) is 4.98 Å². The maximum atomic E-state index is 5.75. The number of rotatable bonds is 6. The van der Waals surface area contributed by atoms with Crippen LogP contribution in [0.2, 0.25) is 0 Å². The van der Waals surface area contributed by atoms with E-state index in [1.54, 1.807) is 11.3 Å². The van der Waals surface area contributed by atoms with Gasteiger partial charge in [-0.2, -0.15) is 0 Å². The summed E-state index contributed by atoms with van der Waals surface area (Å²) in [5, 5.41) is 3.14. The molecule has 0 aliphatic heterocycles. The molecule has 0 bridgehead atoms. The Labute approximate surface area is 130 Å². The number of aromatic nitrogens is 1. The normalized spacial score (nSPS) is 10.7. The smallest absolute Gasteiger partial charge is 0.133 e. The van der Waals surface area contributed by atoms with Crippen molar-refractivity contribution in [2.45, 2.75) is 25.6 Å². The molecule has 0 aliphatic carbocycles. The van der Waals surface area contributed by atoms with Crippen LogP contribution < -0.4 is 4.74 Å². The van der Waals surface area contributed by atoms with Crippen LogP contribution in [0.25, 0.3) is 0 Å². The lowest BCUT2D eigenvalue weighted by atomic mass is 10.2. The van der Waals surface area contributed by atoms with Gasteiger partial charge in [0.1, 0.15) is 5.75 Å². The Hall–Kier alpha value is -0.580. The molecule has 1 aromatic heterocycles. The molecule has 1 aromatic carbocycles. The third-order valence-electron chi connectivity index (χ3n) is 2.62. The number of benzene rings is 1. The van der Waals surface area contributed by atoms with Crippen LogP contribution in [-0.2, 0) is 12.3 Å². The van der Waals surface area contributed by atoms with Gasteiger partial charge in [-0.1, -0.05) is 6.07 Å². The molecule has 0 saturated heterocycles. The minimum atomic E-state index is 0.489. The van der Waals surface area contributed by atoms with Gasteiger partial charge in [-0.25, -0.2) is 4.98 Å². The van der Waals surface area contributed by atoms with Crippen LogP contribution in [0.5, 0.6) is 5.75 Å². The van der Waals surface area contributed by atoms with Gasteiger partial charge in [0.25, 0.3) is 0 Å². The lowest BCUT2D eigenvalue weighted by molar-refractivity contribution is 0.309. The number of hydrogen-bond donors (Lipinski definition) is 0. The topological polar surface area (TPSA) is 22.1 Å². The van der Waals surface area contributed by atoms with E-state index in [9.17, 15) is 0 Å². The van der Waals surface area contributed by atoms with Crippen molar-refractivity contribution >= 4 is 38.9 Å². The van der Waals surface area contributed by atoms with Crippen LogP contribution in [0.1, 0.15) is 22.7 Å². The molecule has 2 rings (SSSR count). The molecule has 0 fully saturated rings. The number of aryl methyl sites for hydroxylation is 2. The van der Waals surface area contributed by atoms with E-state index >= 15 is 0 Å². The summed E-state index contributed by atoms with van der Waals surface area (Å²) in [4.78, 5) is 4.42. The molecule has 0 amide bonds. The minimum absolute atomic E-state index is 0.489. The molecule has 0 spiro atoms. The van der Waals surface area contributed by atoms with E-state index in [1.165, 1.54) is 5.56 Å². The maximum Gasteiger partial charge on any atom is 0.133 e. The molecule has 1 heterocycles. The molecule has 0 aliphatic rings. The lowest BCUT2D eigenvalue weighted by Crippen LogP contribution is -2.00. The van der Waals surface area contributed by atoms with E-state index in [-0.39, 0.29) is 0 Å². The molecule has 5 heteroatoms. The summed E-state index contributed by atoms with van der Waals surface area (Å²) >= 11 is 10.9. The largest absolute Gasteiger partial charge is 0.492 e. The number of thiazole rings is 1. The molecule has 2 nitrogen and oxygen atoms in total. The van der Waals surface area contributed by atoms with Crippen LogP contribution in [-0.4, -0.2) is 11.6 Å². The molecule has 0 atom stereocenters. The SMILES string of the molecule is Cc1ccc(OCCCc2nc(CCl)cs2)c(Br)c1. The zero-order valence-electron chi connectivity index (χ0n) is 10.7. The Morgan fingerprint density at radius 2 is 2.26 bits per heavy atom. The van der Waals surface area contributed by atoms with Gasteiger partial charge in [-0.3, -0.25) is 0 Å². The summed E-state index contributed by atoms with van der Waals surface area (Å²) < 4.78 is 6.76. The molecule has 19 heavy (non-hydrogen) atoms. The zero-order chi connectivity index (χ0) is 13.7. The third kappa shape index (κ3) is 4.48. The van der Waals surface area contributed by atoms with Crippen molar-refractivity contribution in [2.75, 3.05) is 6.61 Å². The zero-order valence-corrected chi connectivity index (χ0v) is 13.8. The summed E-state index contributed by atoms with van der Waals surface area (Å²) in [5.74, 6) is 1.38. The Morgan fingerprint density at radius 1 is 1.42 bits per heavy atom. The highest BCUT2D eigenvalue weighted by Gasteiger charge is 2.03. The first-order valence-corrected chi connectivity index (χ1v) is 8.28. The summed E-state index contributed by atoms with van der Waals surface area (Å²) in [5.41, 5.74) is 2.18. The number of hydrogen-bond acceptors (Lipinski definition) is 3. The van der Waals surface area contributed by atoms with Gasteiger partial charge < -0.3 is 4.74 Å². The van der Waals surface area contributed by atoms with Crippen molar-refractivity contribution in [3.05, 3.63) is 44.3 Å². The third-order valence-corrected chi connectivity index (χ3v) is 4.47. The predicted molar refractivity (Wildman–Crippen MR) is 84.4 cm³/mol. The van der Waals surface area contributed by atoms with Crippen LogP contribution in [0, 0.1) is 6.92 Å². The Kier molecular flexibility index (Phi) is 5.67. The van der Waals surface area contributed by atoms with Gasteiger partial charge in [0.05, 0.1) is 27.7 Å². The average Bonchev–Trinajstić information content (AvgIpc) is 2.84. The standard InChI is InChI=1S/C14H15BrClNOS/c1-10-4-5-13(12(15)7-10)18-6-2-3-14-17-11(8-16)9-19-14/h4-5,7,9H,2-3,6,8H2,1H3. The molecular formula is C14H15BrClNOS. The van der Waals surface area contributed by atoms with Gasteiger partial charge >= 0.3 is 0 Å². The van der Waals surface area contributed by atoms with Gasteiger partial charge in [-0.05, 0) is 47.0 Å². The summed E-state index contributed by atoms with van der Waals surface area (Å²) in [7, 11) is 0. The van der Waals surface area contributed by atoms with Crippen molar-refractivity contribution in [1.29, 1.82) is 0 Å². The van der Waals surface area contributed by atoms with Crippen molar-refractivity contribution in [3.63, 3.8) is 0 Å². The monoisotopic (exact) mass is 359 g/mol. The highest BCUT2D eigenvalue weighted by atomic mass is 79.9. The fourth-order valence-electron chi connectivity index (χ4n) is 1.65. The fourth-order valence-corrected chi connectivity index (χ4v) is 3.33. The number of nitrogens with zero attached hydrogens (tertiary/aromatic N) is 1. The molecule has 0 N–H and O–H groups in total. The highest BCUT2D eigenvalue weighted by Crippen LogP contribution is 2.26. The summed E-state index contributed by atoms with van der Waals surface area (Å²) in [6.07, 6.45) is 1.89. The second-order valence-corrected chi connectivity index (χ2v) is 6.32. The molecule has 0 unspecified atom stereocenters. The number of halogens is 2. The number of alkyl halides is 1. The minimum Gasteiger partial charge on any atom is -0.492 e. The second kappa shape index (κ2) is 7.27. The second-order valence-electron chi connectivity index (χ2n) is 4.25. The van der Waals surface area contributed by atoms with Gasteiger partial charge in [0.2, 0.25) is 0 Å². The Morgan fingerprint density at radius 3 is 2.95 bits per heavy atom. The summed E-state index contributed by atoms with van der Waals surface area (Å²) in [6.45, 7) is 2.75. The van der Waals surface area contributed by atoms with Crippen molar-refractivity contribution in [2.24, 2.45) is 0 Å². The van der Waals surface area contributed by atoms with Gasteiger partial charge in [0, 0.05) is 11.8 Å². The van der Waals surface area contributed by atoms with Gasteiger partial charge in [-0.15, -0.1) is 22.9 Å². The molecule has 2 aromatic rings. The van der Waals surface area contributed by atoms with E-state index in [0.717, 1.165) is 33.8 Å². The Balaban J connectivity index is 1.77. The van der Waals surface area contributed by atoms with E-state index in [1.807, 2.05) is 17.5 Å². The maximum absolute atomic E-state index is 5.75. The van der Waals surface area contributed by atoms with E-state index in [2.05, 4.69) is 33.9 Å². The summed E-state index contributed by atoms with van der Waals surface area (Å²) in [6, 6.07) is 6.10. The first-order chi connectivity index (χ1) is 9.19.